The van der Waals surface area contributed by atoms with Crippen molar-refractivity contribution in [2.45, 2.75) is 107 Å². The maximum Gasteiger partial charge on any atom is 0.410 e. The third kappa shape index (κ3) is 8.00. The van der Waals surface area contributed by atoms with E-state index < -0.39 is 5.60 Å². The minimum absolute atomic E-state index is 0.164. The molecule has 0 N–H and O–H groups in total. The van der Waals surface area contributed by atoms with Gasteiger partial charge in [0.15, 0.2) is 0 Å². The summed E-state index contributed by atoms with van der Waals surface area (Å²) in [7, 11) is 0. The lowest BCUT2D eigenvalue weighted by Gasteiger charge is -2.36. The van der Waals surface area contributed by atoms with Crippen LogP contribution in [-0.2, 0) is 11.2 Å². The van der Waals surface area contributed by atoms with Crippen molar-refractivity contribution in [1.82, 2.24) is 14.3 Å². The van der Waals surface area contributed by atoms with Gasteiger partial charge >= 0.3 is 6.09 Å². The number of imidazole rings is 1. The number of pyridine rings is 1. The second-order valence-corrected chi connectivity index (χ2v) is 7.60. The Kier molecular flexibility index (Phi) is 13.1. The van der Waals surface area contributed by atoms with E-state index in [1.165, 1.54) is 0 Å². The Balaban J connectivity index is 0.00000129. The average molecular weight is 420 g/mol. The van der Waals surface area contributed by atoms with Crippen LogP contribution in [0.5, 0.6) is 0 Å². The fourth-order valence-electron chi connectivity index (χ4n) is 3.36. The number of piperidine rings is 1. The smallest absolute Gasteiger partial charge is 0.410 e. The van der Waals surface area contributed by atoms with Crippen LogP contribution < -0.4 is 0 Å². The van der Waals surface area contributed by atoms with E-state index in [1.54, 1.807) is 0 Å². The van der Waals surface area contributed by atoms with Gasteiger partial charge < -0.3 is 14.0 Å². The van der Waals surface area contributed by atoms with Gasteiger partial charge in [0.1, 0.15) is 11.2 Å². The highest BCUT2D eigenvalue weighted by atomic mass is 16.6. The molecule has 0 radical (unpaired) electrons. The van der Waals surface area contributed by atoms with Crippen LogP contribution in [0.4, 0.5) is 4.79 Å². The fourth-order valence-corrected chi connectivity index (χ4v) is 3.36. The predicted molar refractivity (Wildman–Crippen MR) is 128 cm³/mol. The second kappa shape index (κ2) is 14.1. The highest BCUT2D eigenvalue weighted by Gasteiger charge is 2.31. The van der Waals surface area contributed by atoms with Crippen LogP contribution in [0.1, 0.15) is 93.0 Å². The zero-order valence-electron chi connectivity index (χ0n) is 21.1. The van der Waals surface area contributed by atoms with Crippen molar-refractivity contribution >= 4 is 11.7 Å². The summed E-state index contributed by atoms with van der Waals surface area (Å²) in [6.45, 7) is 20.6. The molecular weight excluding hydrogens is 374 g/mol. The van der Waals surface area contributed by atoms with E-state index in [2.05, 4.69) is 11.3 Å². The largest absolute Gasteiger partial charge is 0.444 e. The van der Waals surface area contributed by atoms with Gasteiger partial charge in [-0.3, -0.25) is 0 Å². The fraction of sp³-hybridized carbons (Fsp3) is 0.680. The van der Waals surface area contributed by atoms with E-state index in [1.807, 2.05) is 91.6 Å². The molecule has 2 aromatic heterocycles. The summed E-state index contributed by atoms with van der Waals surface area (Å²) < 4.78 is 7.70. The third-order valence-electron chi connectivity index (χ3n) is 4.55. The van der Waals surface area contributed by atoms with Crippen molar-refractivity contribution < 1.29 is 9.53 Å². The van der Waals surface area contributed by atoms with Gasteiger partial charge in [-0.25, -0.2) is 9.78 Å². The molecule has 0 aliphatic carbocycles. The molecule has 1 atom stereocenters. The Morgan fingerprint density at radius 1 is 1.10 bits per heavy atom. The number of hydrogen-bond acceptors (Lipinski definition) is 3. The van der Waals surface area contributed by atoms with Crippen LogP contribution in [-0.4, -0.2) is 38.6 Å². The Morgan fingerprint density at radius 3 is 2.30 bits per heavy atom. The Morgan fingerprint density at radius 2 is 1.73 bits per heavy atom. The van der Waals surface area contributed by atoms with E-state index in [0.29, 0.717) is 0 Å². The van der Waals surface area contributed by atoms with Gasteiger partial charge in [-0.1, -0.05) is 47.6 Å². The maximum absolute atomic E-state index is 12.5. The lowest BCUT2D eigenvalue weighted by Crippen LogP contribution is -2.47. The average Bonchev–Trinajstić information content (AvgIpc) is 3.07. The van der Waals surface area contributed by atoms with E-state index in [4.69, 9.17) is 9.72 Å². The summed E-state index contributed by atoms with van der Waals surface area (Å²) >= 11 is 0. The van der Waals surface area contributed by atoms with Gasteiger partial charge in [0.05, 0.1) is 5.69 Å². The van der Waals surface area contributed by atoms with Crippen LogP contribution >= 0.6 is 0 Å². The minimum Gasteiger partial charge on any atom is -0.444 e. The molecule has 5 nitrogen and oxygen atoms in total. The van der Waals surface area contributed by atoms with Gasteiger partial charge in [-0.05, 0) is 59.1 Å². The summed E-state index contributed by atoms with van der Waals surface area (Å²) in [5.41, 5.74) is 2.73. The van der Waals surface area contributed by atoms with Crippen molar-refractivity contribution in [3.05, 3.63) is 35.8 Å². The topological polar surface area (TPSA) is 46.8 Å². The van der Waals surface area contributed by atoms with Gasteiger partial charge in [0.2, 0.25) is 0 Å². The van der Waals surface area contributed by atoms with E-state index >= 15 is 0 Å². The highest BCUT2D eigenvalue weighted by Crippen LogP contribution is 2.24. The lowest BCUT2D eigenvalue weighted by atomic mass is 9.98. The Hall–Kier alpha value is -2.04. The molecule has 0 unspecified atom stereocenters. The number of amides is 1. The van der Waals surface area contributed by atoms with Gasteiger partial charge in [-0.15, -0.1) is 0 Å². The van der Waals surface area contributed by atoms with E-state index in [9.17, 15) is 4.79 Å². The van der Waals surface area contributed by atoms with Gasteiger partial charge in [-0.2, -0.15) is 0 Å². The number of hydrogen-bond donors (Lipinski definition) is 0. The Bertz CT molecular complexity index is 732. The molecule has 0 bridgehead atoms. The first kappa shape index (κ1) is 28.0. The Labute approximate surface area is 184 Å². The van der Waals surface area contributed by atoms with Crippen molar-refractivity contribution in [1.29, 1.82) is 0 Å². The number of ether oxygens (including phenoxy) is 1. The number of likely N-dealkylation sites (tertiary alicyclic amines) is 1. The predicted octanol–water partition coefficient (Wildman–Crippen LogP) is 7.05. The molecule has 0 saturated carbocycles. The van der Waals surface area contributed by atoms with Crippen LogP contribution in [0.15, 0.2) is 24.4 Å². The minimum atomic E-state index is -0.460. The normalized spacial score (nSPS) is 15.7. The molecule has 172 valence electrons. The zero-order chi connectivity index (χ0) is 23.3. The molecule has 5 heteroatoms. The second-order valence-electron chi connectivity index (χ2n) is 7.60. The first-order chi connectivity index (χ1) is 14.3. The molecule has 1 aliphatic rings. The number of carbonyl (C=O) groups is 1. The highest BCUT2D eigenvalue weighted by molar-refractivity contribution is 5.68. The van der Waals surface area contributed by atoms with Gasteiger partial charge in [0.25, 0.3) is 0 Å². The molecule has 1 saturated heterocycles. The molecule has 0 aromatic carbocycles. The summed E-state index contributed by atoms with van der Waals surface area (Å²) in [6, 6.07) is 6.19. The standard InChI is InChI=1S/C19H27N3O2.3C2H6/c1-14-16(20-17-10-6-8-11-21(14)17)13-15-9-5-7-12-22(15)18(23)24-19(2,3)4;3*1-2/h6,8,10-11,15H,5,7,9,12-13H2,1-4H3;3*1-2H3/t15-;;;/m0.../s1. The summed E-state index contributed by atoms with van der Waals surface area (Å²) in [5, 5.41) is 0. The molecule has 2 aromatic rings. The maximum atomic E-state index is 12.5. The molecule has 30 heavy (non-hydrogen) atoms. The number of fused-ring (bicyclic) bond motifs is 1. The number of aromatic nitrogens is 2. The third-order valence-corrected chi connectivity index (χ3v) is 4.55. The van der Waals surface area contributed by atoms with Crippen LogP contribution in [0, 0.1) is 6.92 Å². The molecule has 1 amide bonds. The SMILES string of the molecule is CC.CC.CC.Cc1c(C[C@@H]2CCCCN2C(=O)OC(C)(C)C)nc2ccccn12. The van der Waals surface area contributed by atoms with Crippen LogP contribution in [0.3, 0.4) is 0 Å². The van der Waals surface area contributed by atoms with Gasteiger partial charge in [0, 0.05) is 30.9 Å². The first-order valence-electron chi connectivity index (χ1n) is 11.8. The van der Waals surface area contributed by atoms with Crippen LogP contribution in [0.2, 0.25) is 0 Å². The quantitative estimate of drug-likeness (QED) is 0.524. The molecular formula is C25H45N3O2. The molecule has 1 aliphatic heterocycles. The number of aryl methyl sites for hydroxylation is 1. The number of rotatable bonds is 2. The van der Waals surface area contributed by atoms with Crippen LogP contribution in [0.25, 0.3) is 5.65 Å². The van der Waals surface area contributed by atoms with Crippen molar-refractivity contribution in [3.63, 3.8) is 0 Å². The summed E-state index contributed by atoms with van der Waals surface area (Å²) in [5.74, 6) is 0. The first-order valence-corrected chi connectivity index (χ1v) is 11.8. The molecule has 3 rings (SSSR count). The number of carbonyl (C=O) groups excluding carboxylic acids is 1. The van der Waals surface area contributed by atoms with E-state index in [-0.39, 0.29) is 12.1 Å². The lowest BCUT2D eigenvalue weighted by molar-refractivity contribution is 0.00984. The number of nitrogens with zero attached hydrogens (tertiary/aromatic N) is 3. The van der Waals surface area contributed by atoms with E-state index in [0.717, 1.165) is 49.3 Å². The van der Waals surface area contributed by atoms with Crippen molar-refractivity contribution in [3.8, 4) is 0 Å². The van der Waals surface area contributed by atoms with Crippen molar-refractivity contribution in [2.24, 2.45) is 0 Å². The molecule has 1 fully saturated rings. The monoisotopic (exact) mass is 419 g/mol. The molecule has 0 spiro atoms. The van der Waals surface area contributed by atoms with Crippen molar-refractivity contribution in [2.75, 3.05) is 6.54 Å². The zero-order valence-corrected chi connectivity index (χ0v) is 21.1. The summed E-state index contributed by atoms with van der Waals surface area (Å²) in [6.07, 6.45) is 5.82. The summed E-state index contributed by atoms with van der Waals surface area (Å²) in [4.78, 5) is 19.2. The molecule has 3 heterocycles.